The number of halogens is 3. The minimum atomic E-state index is -4.74. The molecule has 4 N–H and O–H groups in total. The predicted molar refractivity (Wildman–Crippen MR) is 128 cm³/mol. The lowest BCUT2D eigenvalue weighted by molar-refractivity contribution is -0.273. The third kappa shape index (κ3) is 4.17. The number of primary amides is 1. The Bertz CT molecular complexity index is 1360. The summed E-state index contributed by atoms with van der Waals surface area (Å²) in [5.41, 5.74) is 4.79. The minimum absolute atomic E-state index is 0.105. The number of anilines is 1. The summed E-state index contributed by atoms with van der Waals surface area (Å²) in [6, 6.07) is 5.27. The van der Waals surface area contributed by atoms with E-state index >= 15 is 0 Å². The van der Waals surface area contributed by atoms with Crippen molar-refractivity contribution < 1.29 is 32.9 Å². The highest BCUT2D eigenvalue weighted by Gasteiger charge is 2.55. The summed E-state index contributed by atoms with van der Waals surface area (Å²) in [6.45, 7) is 2.85. The van der Waals surface area contributed by atoms with Crippen molar-refractivity contribution in [3.8, 4) is 17.0 Å². The molecule has 1 saturated heterocycles. The molecule has 2 atom stereocenters. The molecule has 0 aliphatic carbocycles. The van der Waals surface area contributed by atoms with Crippen LogP contribution in [-0.2, 0) is 6.42 Å². The predicted octanol–water partition coefficient (Wildman–Crippen LogP) is 2.71. The van der Waals surface area contributed by atoms with Gasteiger partial charge in [-0.25, -0.2) is 9.50 Å². The fraction of sp³-hybridized carbons (Fsp3) is 0.480. The average molecular weight is 520 g/mol. The van der Waals surface area contributed by atoms with Gasteiger partial charge in [0.25, 0.3) is 5.91 Å². The summed E-state index contributed by atoms with van der Waals surface area (Å²) in [4.78, 5) is 18.7. The summed E-state index contributed by atoms with van der Waals surface area (Å²) in [5.74, 6) is -1.13. The highest BCUT2D eigenvalue weighted by Crippen LogP contribution is 2.46. The second-order valence-corrected chi connectivity index (χ2v) is 10.2. The highest BCUT2D eigenvalue weighted by molar-refractivity contribution is 6.06. The number of hydrogen-bond donors (Lipinski definition) is 3. The van der Waals surface area contributed by atoms with E-state index in [1.165, 1.54) is 10.7 Å². The van der Waals surface area contributed by atoms with E-state index in [4.69, 9.17) is 10.5 Å². The van der Waals surface area contributed by atoms with Crippen LogP contribution in [0.25, 0.3) is 16.9 Å². The molecule has 0 radical (unpaired) electrons. The van der Waals surface area contributed by atoms with Crippen molar-refractivity contribution >= 4 is 17.2 Å². The Labute approximate surface area is 210 Å². The molecule has 0 saturated carbocycles. The standard InChI is InChI=1S/C25H28F3N5O4/c1-23(13-34)12-14-10-16(20-19(21(29)35)22-30-6-3-7-33(22)31-20)17(11-18(14)37-23)32-8-4-15(5-9-32)24(2,36)25(26,27)28/h3,6-7,10-11,15,34,36H,4-5,8-9,12-13H2,1-2H3,(H2,29,35)/t23-,24+/m0/s1. The van der Waals surface area contributed by atoms with Gasteiger partial charge in [-0.15, -0.1) is 0 Å². The van der Waals surface area contributed by atoms with Crippen LogP contribution in [0.5, 0.6) is 5.75 Å². The third-order valence-electron chi connectivity index (χ3n) is 7.54. The number of rotatable bonds is 5. The van der Waals surface area contributed by atoms with Gasteiger partial charge in [0.2, 0.25) is 0 Å². The Hall–Kier alpha value is -3.38. The lowest BCUT2D eigenvalue weighted by Gasteiger charge is -2.41. The van der Waals surface area contributed by atoms with Crippen LogP contribution in [0.3, 0.4) is 0 Å². The monoisotopic (exact) mass is 519 g/mol. The molecule has 2 aromatic heterocycles. The Kier molecular flexibility index (Phi) is 5.87. The van der Waals surface area contributed by atoms with E-state index in [1.807, 2.05) is 11.0 Å². The Balaban J connectivity index is 1.60. The Morgan fingerprint density at radius 1 is 1.30 bits per heavy atom. The van der Waals surface area contributed by atoms with Gasteiger partial charge in [-0.2, -0.15) is 18.3 Å². The van der Waals surface area contributed by atoms with Crippen molar-refractivity contribution in [1.82, 2.24) is 14.6 Å². The fourth-order valence-corrected chi connectivity index (χ4v) is 5.31. The molecule has 0 unspecified atom stereocenters. The largest absolute Gasteiger partial charge is 0.484 e. The van der Waals surface area contributed by atoms with Gasteiger partial charge in [0, 0.05) is 49.2 Å². The molecule has 1 amide bonds. The van der Waals surface area contributed by atoms with E-state index in [9.17, 15) is 28.2 Å². The van der Waals surface area contributed by atoms with Crippen LogP contribution in [0.15, 0.2) is 30.6 Å². The van der Waals surface area contributed by atoms with Crippen molar-refractivity contribution in [2.24, 2.45) is 11.7 Å². The molecule has 9 nitrogen and oxygen atoms in total. The number of piperidine rings is 1. The normalized spacial score (nSPS) is 22.1. The average Bonchev–Trinajstić information content (AvgIpc) is 3.40. The molecular weight excluding hydrogens is 491 g/mol. The highest BCUT2D eigenvalue weighted by atomic mass is 19.4. The van der Waals surface area contributed by atoms with Crippen LogP contribution in [0.4, 0.5) is 18.9 Å². The van der Waals surface area contributed by atoms with Crippen LogP contribution in [0.2, 0.25) is 0 Å². The fourth-order valence-electron chi connectivity index (χ4n) is 5.31. The first kappa shape index (κ1) is 25.3. The smallest absolute Gasteiger partial charge is 0.417 e. The number of carbonyl (C=O) groups is 1. The summed E-state index contributed by atoms with van der Waals surface area (Å²) < 4.78 is 47.8. The zero-order valence-electron chi connectivity index (χ0n) is 20.4. The molecule has 1 aromatic carbocycles. The van der Waals surface area contributed by atoms with E-state index in [-0.39, 0.29) is 43.7 Å². The molecule has 198 valence electrons. The SMILES string of the molecule is C[C@@]1(CO)Cc2cc(-c3nn4cccnc4c3C(N)=O)c(N3CCC([C@@](C)(O)C(F)(F)F)CC3)cc2O1. The van der Waals surface area contributed by atoms with E-state index in [0.717, 1.165) is 12.5 Å². The van der Waals surface area contributed by atoms with Gasteiger partial charge in [0.1, 0.15) is 22.6 Å². The zero-order chi connectivity index (χ0) is 26.8. The number of nitrogens with zero attached hydrogens (tertiary/aromatic N) is 4. The van der Waals surface area contributed by atoms with Crippen molar-refractivity contribution in [3.63, 3.8) is 0 Å². The van der Waals surface area contributed by atoms with E-state index in [1.54, 1.807) is 25.3 Å². The molecule has 37 heavy (non-hydrogen) atoms. The molecule has 4 heterocycles. The van der Waals surface area contributed by atoms with Gasteiger partial charge in [0.15, 0.2) is 11.2 Å². The van der Waals surface area contributed by atoms with Crippen LogP contribution >= 0.6 is 0 Å². The minimum Gasteiger partial charge on any atom is -0.484 e. The number of benzene rings is 1. The maximum Gasteiger partial charge on any atom is 0.417 e. The number of carbonyl (C=O) groups excluding carboxylic acids is 1. The number of aliphatic hydroxyl groups excluding tert-OH is 1. The second-order valence-electron chi connectivity index (χ2n) is 10.2. The molecule has 3 aromatic rings. The molecular formula is C25H28F3N5O4. The van der Waals surface area contributed by atoms with Gasteiger partial charge in [-0.1, -0.05) is 0 Å². The number of fused-ring (bicyclic) bond motifs is 2. The Morgan fingerprint density at radius 2 is 2.00 bits per heavy atom. The number of amides is 1. The first-order valence-electron chi connectivity index (χ1n) is 12.0. The summed E-state index contributed by atoms with van der Waals surface area (Å²) in [5, 5.41) is 24.6. The van der Waals surface area contributed by atoms with Crippen LogP contribution in [0.1, 0.15) is 42.6 Å². The summed E-state index contributed by atoms with van der Waals surface area (Å²) >= 11 is 0. The quantitative estimate of drug-likeness (QED) is 0.473. The van der Waals surface area contributed by atoms with Gasteiger partial charge in [0.05, 0.1) is 6.61 Å². The molecule has 12 heteroatoms. The molecule has 2 aliphatic heterocycles. The van der Waals surface area contributed by atoms with Gasteiger partial charge in [-0.3, -0.25) is 4.79 Å². The molecule has 2 aliphatic rings. The van der Waals surface area contributed by atoms with Gasteiger partial charge in [-0.05, 0) is 50.3 Å². The number of alkyl halides is 3. The Morgan fingerprint density at radius 3 is 2.62 bits per heavy atom. The molecule has 0 bridgehead atoms. The molecule has 5 rings (SSSR count). The van der Waals surface area contributed by atoms with Crippen molar-refractivity contribution in [2.75, 3.05) is 24.6 Å². The zero-order valence-corrected chi connectivity index (χ0v) is 20.4. The summed E-state index contributed by atoms with van der Waals surface area (Å²) in [7, 11) is 0. The first-order valence-corrected chi connectivity index (χ1v) is 12.0. The first-order chi connectivity index (χ1) is 17.3. The van der Waals surface area contributed by atoms with Crippen molar-refractivity contribution in [2.45, 2.75) is 50.5 Å². The topological polar surface area (TPSA) is 126 Å². The maximum absolute atomic E-state index is 13.4. The molecule has 1 fully saturated rings. The lowest BCUT2D eigenvalue weighted by Crippen LogP contribution is -2.52. The number of aliphatic hydroxyl groups is 2. The number of aromatic nitrogens is 3. The van der Waals surface area contributed by atoms with Gasteiger partial charge >= 0.3 is 6.18 Å². The van der Waals surface area contributed by atoms with Crippen LogP contribution in [-0.4, -0.2) is 67.8 Å². The number of nitrogens with two attached hydrogens (primary N) is 1. The van der Waals surface area contributed by atoms with Crippen LogP contribution in [0, 0.1) is 5.92 Å². The lowest BCUT2D eigenvalue weighted by atomic mass is 9.81. The van der Waals surface area contributed by atoms with Crippen molar-refractivity contribution in [3.05, 3.63) is 41.7 Å². The maximum atomic E-state index is 13.4. The van der Waals surface area contributed by atoms with E-state index in [2.05, 4.69) is 10.1 Å². The summed E-state index contributed by atoms with van der Waals surface area (Å²) in [6.07, 6.45) is -0.945. The number of hydrogen-bond acceptors (Lipinski definition) is 7. The number of ether oxygens (including phenoxy) is 1. The third-order valence-corrected chi connectivity index (χ3v) is 7.54. The van der Waals surface area contributed by atoms with E-state index < -0.39 is 29.2 Å². The van der Waals surface area contributed by atoms with Crippen LogP contribution < -0.4 is 15.4 Å². The van der Waals surface area contributed by atoms with E-state index in [0.29, 0.717) is 29.1 Å². The van der Waals surface area contributed by atoms with Crippen molar-refractivity contribution in [1.29, 1.82) is 0 Å². The molecule has 0 spiro atoms. The van der Waals surface area contributed by atoms with Gasteiger partial charge < -0.3 is 25.6 Å². The second kappa shape index (κ2) is 8.59.